The number of fused-ring (bicyclic) bond motifs is 1. The molecule has 0 saturated carbocycles. The summed E-state index contributed by atoms with van der Waals surface area (Å²) >= 11 is 0. The second kappa shape index (κ2) is 4.41. The highest BCUT2D eigenvalue weighted by atomic mass is 16.1. The van der Waals surface area contributed by atoms with E-state index in [1.54, 1.807) is 12.1 Å². The Kier molecular flexibility index (Phi) is 2.61. The van der Waals surface area contributed by atoms with Gasteiger partial charge < -0.3 is 0 Å². The van der Waals surface area contributed by atoms with Gasteiger partial charge in [0.2, 0.25) is 0 Å². The van der Waals surface area contributed by atoms with E-state index in [-0.39, 0.29) is 5.56 Å². The summed E-state index contributed by atoms with van der Waals surface area (Å²) in [6.45, 7) is 0.442. The normalized spacial score (nSPS) is 10.7. The Morgan fingerprint density at radius 3 is 2.50 bits per heavy atom. The maximum Gasteiger partial charge on any atom is 0.277 e. The Bertz CT molecular complexity index is 735. The molecule has 1 aromatic heterocycles. The largest absolute Gasteiger partial charge is 0.277 e. The lowest BCUT2D eigenvalue weighted by atomic mass is 10.2. The molecule has 3 aromatic rings. The predicted octanol–water partition coefficient (Wildman–Crippen LogP) is 1.84. The van der Waals surface area contributed by atoms with Crippen LogP contribution in [0.15, 0.2) is 59.4 Å². The summed E-state index contributed by atoms with van der Waals surface area (Å²) in [6.07, 6.45) is 0. The van der Waals surface area contributed by atoms with Gasteiger partial charge in [-0.3, -0.25) is 4.79 Å². The van der Waals surface area contributed by atoms with Crippen LogP contribution in [-0.2, 0) is 6.54 Å². The van der Waals surface area contributed by atoms with Gasteiger partial charge in [-0.2, -0.15) is 0 Å². The molecule has 4 nitrogen and oxygen atoms in total. The lowest BCUT2D eigenvalue weighted by Crippen LogP contribution is -2.24. The lowest BCUT2D eigenvalue weighted by molar-refractivity contribution is 0.601. The summed E-state index contributed by atoms with van der Waals surface area (Å²) in [5.74, 6) is 0. The van der Waals surface area contributed by atoms with Crippen LogP contribution in [0.4, 0.5) is 0 Å². The molecule has 1 heterocycles. The zero-order chi connectivity index (χ0) is 12.4. The van der Waals surface area contributed by atoms with Gasteiger partial charge in [-0.05, 0) is 17.7 Å². The van der Waals surface area contributed by atoms with Gasteiger partial charge in [0.1, 0.15) is 5.52 Å². The molecule has 18 heavy (non-hydrogen) atoms. The molecule has 0 aliphatic carbocycles. The van der Waals surface area contributed by atoms with E-state index in [4.69, 9.17) is 0 Å². The maximum atomic E-state index is 12.2. The van der Waals surface area contributed by atoms with E-state index in [2.05, 4.69) is 10.3 Å². The number of rotatable bonds is 2. The van der Waals surface area contributed by atoms with E-state index in [1.807, 2.05) is 42.5 Å². The van der Waals surface area contributed by atoms with Crippen LogP contribution in [0.25, 0.3) is 10.9 Å². The van der Waals surface area contributed by atoms with Crippen LogP contribution in [0.3, 0.4) is 0 Å². The summed E-state index contributed by atoms with van der Waals surface area (Å²) in [5.41, 5.74) is 1.56. The van der Waals surface area contributed by atoms with Gasteiger partial charge in [0.05, 0.1) is 11.9 Å². The first-order valence-electron chi connectivity index (χ1n) is 5.71. The first kappa shape index (κ1) is 10.7. The topological polar surface area (TPSA) is 47.8 Å². The summed E-state index contributed by atoms with van der Waals surface area (Å²) in [4.78, 5) is 12.2. The zero-order valence-electron chi connectivity index (χ0n) is 9.65. The number of aromatic nitrogens is 3. The molecule has 0 aliphatic rings. The summed E-state index contributed by atoms with van der Waals surface area (Å²) in [6, 6.07) is 17.0. The highest BCUT2D eigenvalue weighted by molar-refractivity contribution is 5.76. The van der Waals surface area contributed by atoms with Crippen molar-refractivity contribution in [2.24, 2.45) is 0 Å². The van der Waals surface area contributed by atoms with Crippen molar-refractivity contribution in [3.05, 3.63) is 70.5 Å². The highest BCUT2D eigenvalue weighted by Gasteiger charge is 2.04. The van der Waals surface area contributed by atoms with Crippen LogP contribution >= 0.6 is 0 Å². The van der Waals surface area contributed by atoms with Gasteiger partial charge >= 0.3 is 0 Å². The number of nitrogens with zero attached hydrogens (tertiary/aromatic N) is 3. The first-order valence-corrected chi connectivity index (χ1v) is 5.71. The second-order valence-electron chi connectivity index (χ2n) is 4.05. The van der Waals surface area contributed by atoms with Crippen molar-refractivity contribution in [2.75, 3.05) is 0 Å². The second-order valence-corrected chi connectivity index (χ2v) is 4.05. The van der Waals surface area contributed by atoms with Gasteiger partial charge in [0, 0.05) is 0 Å². The van der Waals surface area contributed by atoms with Gasteiger partial charge in [-0.25, -0.2) is 4.68 Å². The molecule has 0 aliphatic heterocycles. The minimum absolute atomic E-state index is 0.107. The van der Waals surface area contributed by atoms with E-state index in [0.29, 0.717) is 17.4 Å². The van der Waals surface area contributed by atoms with Crippen LogP contribution in [0, 0.1) is 0 Å². The Labute approximate surface area is 104 Å². The first-order chi connectivity index (χ1) is 8.84. The molecule has 3 rings (SSSR count). The maximum absolute atomic E-state index is 12.2. The van der Waals surface area contributed by atoms with Crippen molar-refractivity contribution < 1.29 is 0 Å². The number of hydrogen-bond donors (Lipinski definition) is 0. The van der Waals surface area contributed by atoms with Gasteiger partial charge in [-0.1, -0.05) is 47.7 Å². The third-order valence-corrected chi connectivity index (χ3v) is 2.80. The molecule has 88 valence electrons. The van der Waals surface area contributed by atoms with Crippen LogP contribution < -0.4 is 5.56 Å². The molecule has 4 heteroatoms. The van der Waals surface area contributed by atoms with Crippen molar-refractivity contribution in [3.63, 3.8) is 0 Å². The minimum atomic E-state index is -0.107. The molecule has 0 saturated heterocycles. The van der Waals surface area contributed by atoms with E-state index in [9.17, 15) is 4.79 Å². The molecule has 0 N–H and O–H groups in total. The predicted molar refractivity (Wildman–Crippen MR) is 69.3 cm³/mol. The van der Waals surface area contributed by atoms with Crippen LogP contribution in [-0.4, -0.2) is 15.0 Å². The van der Waals surface area contributed by atoms with E-state index in [0.717, 1.165) is 5.56 Å². The van der Waals surface area contributed by atoms with E-state index >= 15 is 0 Å². The molecule has 0 spiro atoms. The third-order valence-electron chi connectivity index (χ3n) is 2.80. The van der Waals surface area contributed by atoms with Crippen LogP contribution in [0.5, 0.6) is 0 Å². The molecule has 0 unspecified atom stereocenters. The molecule has 0 amide bonds. The van der Waals surface area contributed by atoms with Crippen molar-refractivity contribution in [1.82, 2.24) is 15.0 Å². The Balaban J connectivity index is 2.08. The van der Waals surface area contributed by atoms with Gasteiger partial charge in [0.15, 0.2) is 0 Å². The monoisotopic (exact) mass is 237 g/mol. The number of benzene rings is 2. The average Bonchev–Trinajstić information content (AvgIpc) is 2.43. The van der Waals surface area contributed by atoms with Crippen molar-refractivity contribution >= 4 is 10.9 Å². The fourth-order valence-electron chi connectivity index (χ4n) is 1.88. The van der Waals surface area contributed by atoms with E-state index in [1.165, 1.54) is 4.68 Å². The minimum Gasteiger partial charge on any atom is -0.267 e. The van der Waals surface area contributed by atoms with Crippen LogP contribution in [0.1, 0.15) is 5.56 Å². The average molecular weight is 237 g/mol. The summed E-state index contributed by atoms with van der Waals surface area (Å²) in [7, 11) is 0. The van der Waals surface area contributed by atoms with Crippen molar-refractivity contribution in [2.45, 2.75) is 6.54 Å². The van der Waals surface area contributed by atoms with Crippen molar-refractivity contribution in [3.8, 4) is 0 Å². The van der Waals surface area contributed by atoms with E-state index < -0.39 is 0 Å². The SMILES string of the molecule is O=c1c2ccccc2nnn1Cc1ccccc1. The Hall–Kier alpha value is -2.49. The van der Waals surface area contributed by atoms with Gasteiger partial charge in [0.25, 0.3) is 5.56 Å². The summed E-state index contributed by atoms with van der Waals surface area (Å²) < 4.78 is 1.39. The van der Waals surface area contributed by atoms with Crippen molar-refractivity contribution in [1.29, 1.82) is 0 Å². The quantitative estimate of drug-likeness (QED) is 0.683. The molecule has 0 radical (unpaired) electrons. The van der Waals surface area contributed by atoms with Crippen LogP contribution in [0.2, 0.25) is 0 Å². The number of hydrogen-bond acceptors (Lipinski definition) is 3. The summed E-state index contributed by atoms with van der Waals surface area (Å²) in [5, 5.41) is 8.61. The molecule has 0 bridgehead atoms. The van der Waals surface area contributed by atoms with Gasteiger partial charge in [-0.15, -0.1) is 5.10 Å². The lowest BCUT2D eigenvalue weighted by Gasteiger charge is -2.04. The third kappa shape index (κ3) is 1.88. The molecular formula is C14H11N3O. The Morgan fingerprint density at radius 2 is 1.67 bits per heavy atom. The molecule has 2 aromatic carbocycles. The Morgan fingerprint density at radius 1 is 0.944 bits per heavy atom. The standard InChI is InChI=1S/C14H11N3O/c18-14-12-8-4-5-9-13(12)15-16-17(14)10-11-6-2-1-3-7-11/h1-9H,10H2. The molecule has 0 fully saturated rings. The fourth-order valence-corrected chi connectivity index (χ4v) is 1.88. The fraction of sp³-hybridized carbons (Fsp3) is 0.0714. The highest BCUT2D eigenvalue weighted by Crippen LogP contribution is 2.04. The zero-order valence-corrected chi connectivity index (χ0v) is 9.65. The molecule has 0 atom stereocenters. The smallest absolute Gasteiger partial charge is 0.267 e. The molecular weight excluding hydrogens is 226 g/mol.